The van der Waals surface area contributed by atoms with E-state index in [4.69, 9.17) is 16.3 Å². The van der Waals surface area contributed by atoms with Crippen LogP contribution in [0.1, 0.15) is 23.8 Å². The van der Waals surface area contributed by atoms with Gasteiger partial charge in [0.25, 0.3) is 0 Å². The van der Waals surface area contributed by atoms with Crippen molar-refractivity contribution in [3.8, 4) is 0 Å². The van der Waals surface area contributed by atoms with Gasteiger partial charge in [-0.2, -0.15) is 0 Å². The number of thiophene rings is 1. The molecule has 0 N–H and O–H groups in total. The van der Waals surface area contributed by atoms with Gasteiger partial charge < -0.3 is 9.47 Å². The monoisotopic (exact) mass is 314 g/mol. The number of hydrogen-bond acceptors (Lipinski definition) is 5. The number of hydrogen-bond donors (Lipinski definition) is 0. The third kappa shape index (κ3) is 2.96. The van der Waals surface area contributed by atoms with Crippen molar-refractivity contribution in [2.45, 2.75) is 31.8 Å². The average Bonchev–Trinajstić information content (AvgIpc) is 2.78. The standard InChI is InChI=1S/C12H13ClN2OS.C2H6O/c1-12(16-2)4-3-7-8(5-12)17-11-9(7)10(13)14-6-15-11;1-3-2/h6H,3-5H2,1-2H3;1-2H3. The lowest BCUT2D eigenvalue weighted by Crippen LogP contribution is -2.33. The first-order valence-corrected chi connectivity index (χ1v) is 7.60. The number of ether oxygens (including phenoxy) is 2. The molecule has 20 heavy (non-hydrogen) atoms. The van der Waals surface area contributed by atoms with Gasteiger partial charge in [-0.25, -0.2) is 9.97 Å². The highest BCUT2D eigenvalue weighted by Gasteiger charge is 2.32. The summed E-state index contributed by atoms with van der Waals surface area (Å²) in [4.78, 5) is 10.7. The quantitative estimate of drug-likeness (QED) is 0.756. The molecule has 0 aromatic carbocycles. The van der Waals surface area contributed by atoms with Crippen LogP contribution in [0.4, 0.5) is 0 Å². The van der Waals surface area contributed by atoms with E-state index in [0.717, 1.165) is 29.5 Å². The summed E-state index contributed by atoms with van der Waals surface area (Å²) < 4.78 is 9.85. The van der Waals surface area contributed by atoms with Crippen molar-refractivity contribution in [1.29, 1.82) is 0 Å². The zero-order chi connectivity index (χ0) is 14.8. The smallest absolute Gasteiger partial charge is 0.141 e. The SMILES string of the molecule is COC.COC1(C)CCc2c(sc3ncnc(Cl)c23)C1. The molecule has 1 atom stereocenters. The summed E-state index contributed by atoms with van der Waals surface area (Å²) in [7, 11) is 5.03. The third-order valence-corrected chi connectivity index (χ3v) is 4.98. The van der Waals surface area contributed by atoms with Crippen LogP contribution in [0.2, 0.25) is 5.15 Å². The summed E-state index contributed by atoms with van der Waals surface area (Å²) in [6, 6.07) is 0. The fraction of sp³-hybridized carbons (Fsp3) is 0.571. The predicted molar refractivity (Wildman–Crippen MR) is 82.8 cm³/mol. The zero-order valence-electron chi connectivity index (χ0n) is 12.2. The first kappa shape index (κ1) is 15.6. The maximum atomic E-state index is 6.16. The van der Waals surface area contributed by atoms with Gasteiger partial charge in [-0.1, -0.05) is 11.6 Å². The summed E-state index contributed by atoms with van der Waals surface area (Å²) in [6.07, 6.45) is 4.48. The van der Waals surface area contributed by atoms with Crippen LogP contribution in [0.3, 0.4) is 0 Å². The number of nitrogens with zero attached hydrogens (tertiary/aromatic N) is 2. The Hall–Kier alpha value is -0.750. The van der Waals surface area contributed by atoms with E-state index < -0.39 is 0 Å². The molecule has 6 heteroatoms. The molecule has 0 bridgehead atoms. The number of fused-ring (bicyclic) bond motifs is 3. The van der Waals surface area contributed by atoms with Crippen LogP contribution < -0.4 is 0 Å². The summed E-state index contributed by atoms with van der Waals surface area (Å²) in [5.41, 5.74) is 1.28. The molecular weight excluding hydrogens is 296 g/mol. The molecule has 2 aromatic heterocycles. The van der Waals surface area contributed by atoms with Gasteiger partial charge in [0.15, 0.2) is 0 Å². The minimum atomic E-state index is -0.0478. The molecule has 2 heterocycles. The van der Waals surface area contributed by atoms with E-state index in [-0.39, 0.29) is 5.60 Å². The van der Waals surface area contributed by atoms with Crippen LogP contribution in [-0.4, -0.2) is 36.9 Å². The van der Waals surface area contributed by atoms with E-state index >= 15 is 0 Å². The van der Waals surface area contributed by atoms with Crippen molar-refractivity contribution in [1.82, 2.24) is 9.97 Å². The molecular formula is C14H19ClN2O2S. The molecule has 2 aromatic rings. The van der Waals surface area contributed by atoms with Crippen LogP contribution in [0.15, 0.2) is 6.33 Å². The number of rotatable bonds is 1. The minimum absolute atomic E-state index is 0.0478. The highest BCUT2D eigenvalue weighted by atomic mass is 35.5. The molecule has 0 fully saturated rings. The maximum Gasteiger partial charge on any atom is 0.141 e. The second-order valence-electron chi connectivity index (χ2n) is 5.09. The highest BCUT2D eigenvalue weighted by Crippen LogP contribution is 2.41. The fourth-order valence-corrected chi connectivity index (χ4v) is 4.06. The Kier molecular flexibility index (Phi) is 4.96. The minimum Gasteiger partial charge on any atom is -0.388 e. The van der Waals surface area contributed by atoms with Gasteiger partial charge in [0.05, 0.1) is 11.0 Å². The van der Waals surface area contributed by atoms with Gasteiger partial charge in [-0.05, 0) is 25.3 Å². The summed E-state index contributed by atoms with van der Waals surface area (Å²) in [5.74, 6) is 0. The van der Waals surface area contributed by atoms with Crippen LogP contribution >= 0.6 is 22.9 Å². The summed E-state index contributed by atoms with van der Waals surface area (Å²) in [6.45, 7) is 2.16. The molecule has 3 rings (SSSR count). The normalized spacial score (nSPS) is 21.2. The molecule has 1 aliphatic carbocycles. The Balaban J connectivity index is 0.000000452. The molecule has 110 valence electrons. The van der Waals surface area contributed by atoms with E-state index in [9.17, 15) is 0 Å². The molecule has 1 unspecified atom stereocenters. The van der Waals surface area contributed by atoms with E-state index in [0.29, 0.717) is 5.15 Å². The van der Waals surface area contributed by atoms with E-state index in [1.165, 1.54) is 16.8 Å². The molecule has 4 nitrogen and oxygen atoms in total. The average molecular weight is 315 g/mol. The van der Waals surface area contributed by atoms with Crippen molar-refractivity contribution >= 4 is 33.2 Å². The Morgan fingerprint density at radius 1 is 1.30 bits per heavy atom. The second kappa shape index (κ2) is 6.35. The van der Waals surface area contributed by atoms with Gasteiger partial charge >= 0.3 is 0 Å². The number of aryl methyl sites for hydroxylation is 1. The van der Waals surface area contributed by atoms with Crippen LogP contribution in [-0.2, 0) is 22.3 Å². The van der Waals surface area contributed by atoms with Crippen molar-refractivity contribution in [2.75, 3.05) is 21.3 Å². The second-order valence-corrected chi connectivity index (χ2v) is 6.53. The fourth-order valence-electron chi connectivity index (χ4n) is 2.40. The highest BCUT2D eigenvalue weighted by molar-refractivity contribution is 7.19. The van der Waals surface area contributed by atoms with Crippen LogP contribution in [0.5, 0.6) is 0 Å². The van der Waals surface area contributed by atoms with Crippen LogP contribution in [0, 0.1) is 0 Å². The van der Waals surface area contributed by atoms with Gasteiger partial charge in [0.2, 0.25) is 0 Å². The summed E-state index contributed by atoms with van der Waals surface area (Å²) >= 11 is 7.88. The van der Waals surface area contributed by atoms with Crippen molar-refractivity contribution in [2.24, 2.45) is 0 Å². The van der Waals surface area contributed by atoms with E-state index in [2.05, 4.69) is 21.6 Å². The van der Waals surface area contributed by atoms with Gasteiger partial charge in [-0.15, -0.1) is 11.3 Å². The first-order valence-electron chi connectivity index (χ1n) is 6.40. The largest absolute Gasteiger partial charge is 0.388 e. The first-order chi connectivity index (χ1) is 9.54. The molecule has 0 saturated heterocycles. The Labute approximate surface area is 128 Å². The van der Waals surface area contributed by atoms with Crippen molar-refractivity contribution in [3.05, 3.63) is 21.9 Å². The molecule has 1 aliphatic rings. The number of aromatic nitrogens is 2. The number of halogens is 1. The lowest BCUT2D eigenvalue weighted by Gasteiger charge is -2.32. The third-order valence-electron chi connectivity index (χ3n) is 3.56. The Morgan fingerprint density at radius 3 is 2.65 bits per heavy atom. The molecule has 0 amide bonds. The van der Waals surface area contributed by atoms with E-state index in [1.54, 1.807) is 32.7 Å². The van der Waals surface area contributed by atoms with Crippen molar-refractivity contribution < 1.29 is 9.47 Å². The van der Waals surface area contributed by atoms with Gasteiger partial charge in [0.1, 0.15) is 16.3 Å². The molecule has 0 radical (unpaired) electrons. The van der Waals surface area contributed by atoms with Crippen molar-refractivity contribution in [3.63, 3.8) is 0 Å². The molecule has 0 spiro atoms. The van der Waals surface area contributed by atoms with E-state index in [1.807, 2.05) is 0 Å². The zero-order valence-corrected chi connectivity index (χ0v) is 13.8. The lowest BCUT2D eigenvalue weighted by molar-refractivity contribution is -0.00395. The Morgan fingerprint density at radius 2 is 2.00 bits per heavy atom. The number of methoxy groups -OCH3 is 2. The lowest BCUT2D eigenvalue weighted by atomic mass is 9.85. The van der Waals surface area contributed by atoms with Gasteiger partial charge in [0, 0.05) is 32.6 Å². The summed E-state index contributed by atoms with van der Waals surface area (Å²) in [5, 5.41) is 1.63. The molecule has 0 saturated carbocycles. The van der Waals surface area contributed by atoms with Crippen LogP contribution in [0.25, 0.3) is 10.2 Å². The maximum absolute atomic E-state index is 6.16. The topological polar surface area (TPSA) is 44.2 Å². The Bertz CT molecular complexity index is 602. The molecule has 0 aliphatic heterocycles. The predicted octanol–water partition coefficient (Wildman–Crippen LogP) is 3.50. The van der Waals surface area contributed by atoms with Gasteiger partial charge in [-0.3, -0.25) is 0 Å².